The number of ether oxygens (including phenoxy) is 1. The van der Waals surface area contributed by atoms with Gasteiger partial charge in [-0.25, -0.2) is 0 Å². The number of carbonyl (C=O) groups is 2. The third kappa shape index (κ3) is 8.82. The van der Waals surface area contributed by atoms with Crippen molar-refractivity contribution in [1.29, 1.82) is 0 Å². The highest BCUT2D eigenvalue weighted by Gasteiger charge is 1.90. The quantitative estimate of drug-likeness (QED) is 0.397. The Morgan fingerprint density at radius 1 is 1.38 bits per heavy atom. The molecule has 0 saturated heterocycles. The van der Waals surface area contributed by atoms with Crippen LogP contribution in [0.2, 0.25) is 0 Å². The summed E-state index contributed by atoms with van der Waals surface area (Å²) in [5.74, 6) is -0.474. The lowest BCUT2D eigenvalue weighted by Crippen LogP contribution is -1.97. The number of hydrogen-bond acceptors (Lipinski definition) is 3. The molecule has 0 aromatic rings. The number of ketones is 1. The van der Waals surface area contributed by atoms with Crippen LogP contribution >= 0.6 is 11.6 Å². The molecular formula is C9H11ClO3. The molecule has 4 heteroatoms. The number of allylic oxidation sites excluding steroid dienone is 3. The predicted octanol–water partition coefficient (Wildman–Crippen LogP) is 1.82. The van der Waals surface area contributed by atoms with Crippen molar-refractivity contribution in [3.63, 3.8) is 0 Å². The first-order valence-electron chi connectivity index (χ1n) is 3.70. The fourth-order valence-electron chi connectivity index (χ4n) is 0.568. The van der Waals surface area contributed by atoms with E-state index in [0.29, 0.717) is 5.03 Å². The average Bonchev–Trinajstić information content (AvgIpc) is 1.96. The number of halogens is 1. The van der Waals surface area contributed by atoms with E-state index in [2.05, 4.69) is 4.74 Å². The minimum Gasteiger partial charge on any atom is -0.462 e. The molecule has 13 heavy (non-hydrogen) atoms. The Kier molecular flexibility index (Phi) is 5.89. The molecule has 0 amide bonds. The van der Waals surface area contributed by atoms with Gasteiger partial charge in [0.2, 0.25) is 0 Å². The predicted molar refractivity (Wildman–Crippen MR) is 50.4 cm³/mol. The van der Waals surface area contributed by atoms with Crippen LogP contribution in [0.3, 0.4) is 0 Å². The summed E-state index contributed by atoms with van der Waals surface area (Å²) in [6, 6.07) is 0. The molecule has 0 bridgehead atoms. The van der Waals surface area contributed by atoms with Crippen molar-refractivity contribution in [3.8, 4) is 0 Å². The van der Waals surface area contributed by atoms with E-state index in [1.165, 1.54) is 26.0 Å². The van der Waals surface area contributed by atoms with Crippen molar-refractivity contribution >= 4 is 23.4 Å². The van der Waals surface area contributed by atoms with Gasteiger partial charge >= 0.3 is 5.97 Å². The summed E-state index contributed by atoms with van der Waals surface area (Å²) in [5.41, 5.74) is 0. The van der Waals surface area contributed by atoms with Gasteiger partial charge in [-0.05, 0) is 25.2 Å². The summed E-state index contributed by atoms with van der Waals surface area (Å²) in [6.45, 7) is 2.89. The first kappa shape index (κ1) is 11.9. The Labute approximate surface area is 82.0 Å². The molecule has 0 N–H and O–H groups in total. The van der Waals surface area contributed by atoms with E-state index < -0.39 is 0 Å². The Morgan fingerprint density at radius 2 is 2.00 bits per heavy atom. The lowest BCUT2D eigenvalue weighted by molar-refractivity contribution is -0.139. The molecular weight excluding hydrogens is 192 g/mol. The van der Waals surface area contributed by atoms with Crippen LogP contribution < -0.4 is 0 Å². The van der Waals surface area contributed by atoms with Crippen LogP contribution in [0.15, 0.2) is 23.3 Å². The second-order valence-electron chi connectivity index (χ2n) is 2.34. The van der Waals surface area contributed by atoms with Crippen LogP contribution in [0, 0.1) is 0 Å². The molecule has 3 nitrogen and oxygen atoms in total. The third-order valence-electron chi connectivity index (χ3n) is 1.00. The van der Waals surface area contributed by atoms with E-state index >= 15 is 0 Å². The molecule has 0 heterocycles. The van der Waals surface area contributed by atoms with Crippen LogP contribution in [0.25, 0.3) is 0 Å². The highest BCUT2D eigenvalue weighted by atomic mass is 35.5. The standard InChI is InChI=1S/C9H11ClO3/c1-7(11)6-9(10)4-3-5-13-8(2)12/h3-4,6H,5H2,1-2H3/b4-3+,9-6+. The van der Waals surface area contributed by atoms with Gasteiger partial charge in [-0.1, -0.05) is 11.6 Å². The largest absolute Gasteiger partial charge is 0.462 e. The fraction of sp³-hybridized carbons (Fsp3) is 0.333. The van der Waals surface area contributed by atoms with Gasteiger partial charge in [0.15, 0.2) is 5.78 Å². The van der Waals surface area contributed by atoms with Crippen molar-refractivity contribution < 1.29 is 14.3 Å². The first-order chi connectivity index (χ1) is 6.02. The minimum atomic E-state index is -0.351. The number of hydrogen-bond donors (Lipinski definition) is 0. The molecule has 0 radical (unpaired) electrons. The van der Waals surface area contributed by atoms with Crippen molar-refractivity contribution in [2.24, 2.45) is 0 Å². The Bertz CT molecular complexity index is 254. The molecule has 0 aliphatic rings. The molecule has 0 spiro atoms. The van der Waals surface area contributed by atoms with Crippen LogP contribution in [-0.4, -0.2) is 18.4 Å². The first-order valence-corrected chi connectivity index (χ1v) is 4.08. The van der Waals surface area contributed by atoms with Crippen molar-refractivity contribution in [1.82, 2.24) is 0 Å². The zero-order chi connectivity index (χ0) is 10.3. The van der Waals surface area contributed by atoms with Crippen LogP contribution in [0.1, 0.15) is 13.8 Å². The molecule has 0 atom stereocenters. The van der Waals surface area contributed by atoms with Crippen LogP contribution in [0.5, 0.6) is 0 Å². The molecule has 0 saturated carbocycles. The Morgan fingerprint density at radius 3 is 2.46 bits per heavy atom. The maximum absolute atomic E-state index is 10.5. The maximum atomic E-state index is 10.5. The minimum absolute atomic E-state index is 0.123. The van der Waals surface area contributed by atoms with Crippen molar-refractivity contribution in [3.05, 3.63) is 23.3 Å². The van der Waals surface area contributed by atoms with E-state index in [4.69, 9.17) is 11.6 Å². The number of carbonyl (C=O) groups excluding carboxylic acids is 2. The summed E-state index contributed by atoms with van der Waals surface area (Å²) in [7, 11) is 0. The second kappa shape index (κ2) is 6.43. The topological polar surface area (TPSA) is 43.4 Å². The molecule has 0 aromatic heterocycles. The van der Waals surface area contributed by atoms with Gasteiger partial charge in [-0.3, -0.25) is 9.59 Å². The molecule has 0 fully saturated rings. The van der Waals surface area contributed by atoms with Gasteiger partial charge in [0.05, 0.1) is 0 Å². The summed E-state index contributed by atoms with van der Waals surface area (Å²) in [4.78, 5) is 20.8. The van der Waals surface area contributed by atoms with Crippen molar-refractivity contribution in [2.45, 2.75) is 13.8 Å². The fourth-order valence-corrected chi connectivity index (χ4v) is 0.811. The highest BCUT2D eigenvalue weighted by Crippen LogP contribution is 2.02. The van der Waals surface area contributed by atoms with E-state index in [9.17, 15) is 9.59 Å². The molecule has 0 rings (SSSR count). The third-order valence-corrected chi connectivity index (χ3v) is 1.24. The maximum Gasteiger partial charge on any atom is 0.302 e. The molecule has 0 aromatic carbocycles. The zero-order valence-corrected chi connectivity index (χ0v) is 8.30. The Hall–Kier alpha value is -1.09. The van der Waals surface area contributed by atoms with Gasteiger partial charge in [-0.2, -0.15) is 0 Å². The zero-order valence-electron chi connectivity index (χ0n) is 7.54. The van der Waals surface area contributed by atoms with Gasteiger partial charge in [-0.15, -0.1) is 0 Å². The van der Waals surface area contributed by atoms with Gasteiger partial charge in [0.1, 0.15) is 6.61 Å². The van der Waals surface area contributed by atoms with E-state index in [-0.39, 0.29) is 18.4 Å². The second-order valence-corrected chi connectivity index (χ2v) is 2.78. The van der Waals surface area contributed by atoms with Gasteiger partial charge < -0.3 is 4.74 Å². The summed E-state index contributed by atoms with van der Waals surface area (Å²) >= 11 is 5.60. The van der Waals surface area contributed by atoms with Crippen molar-refractivity contribution in [2.75, 3.05) is 6.61 Å². The lowest BCUT2D eigenvalue weighted by Gasteiger charge is -1.93. The SMILES string of the molecule is CC(=O)/C=C(Cl)\C=C\COC(C)=O. The van der Waals surface area contributed by atoms with Gasteiger partial charge in [0.25, 0.3) is 0 Å². The smallest absolute Gasteiger partial charge is 0.302 e. The summed E-state index contributed by atoms with van der Waals surface area (Å²) in [6.07, 6.45) is 4.35. The van der Waals surface area contributed by atoms with E-state index in [1.807, 2.05) is 0 Å². The average molecular weight is 203 g/mol. The molecule has 0 aliphatic heterocycles. The number of esters is 1. The molecule has 72 valence electrons. The summed E-state index contributed by atoms with van der Waals surface area (Å²) < 4.78 is 4.60. The van der Waals surface area contributed by atoms with E-state index in [1.54, 1.807) is 6.08 Å². The number of rotatable bonds is 4. The monoisotopic (exact) mass is 202 g/mol. The lowest BCUT2D eigenvalue weighted by atomic mass is 10.3. The summed E-state index contributed by atoms with van der Waals surface area (Å²) in [5, 5.41) is 0.319. The molecule has 0 unspecified atom stereocenters. The Balaban J connectivity index is 3.84. The normalized spacial score (nSPS) is 11.8. The van der Waals surface area contributed by atoms with Gasteiger partial charge in [0, 0.05) is 12.0 Å². The molecule has 0 aliphatic carbocycles. The van der Waals surface area contributed by atoms with Crippen LogP contribution in [-0.2, 0) is 14.3 Å². The van der Waals surface area contributed by atoms with Crippen LogP contribution in [0.4, 0.5) is 0 Å². The highest BCUT2D eigenvalue weighted by molar-refractivity contribution is 6.32. The van der Waals surface area contributed by atoms with E-state index in [0.717, 1.165) is 0 Å².